The third-order valence-electron chi connectivity index (χ3n) is 6.59. The molecule has 3 fully saturated rings. The molecule has 2 saturated heterocycles. The van der Waals surface area contributed by atoms with Crippen LogP contribution in [0.2, 0.25) is 0 Å². The van der Waals surface area contributed by atoms with E-state index in [1.807, 2.05) is 0 Å². The number of epoxide rings is 1. The summed E-state index contributed by atoms with van der Waals surface area (Å²) >= 11 is 0. The molecule has 0 aromatic heterocycles. The Morgan fingerprint density at radius 3 is 2.27 bits per heavy atom. The number of benzene rings is 1. The number of hydrogen-bond donors (Lipinski definition) is 0. The monoisotopic (exact) mass is 354 g/mol. The standard InChI is InChI=1S/C24H34O2/c1-2-3-18-4-9-20(10-5-18)21-11-6-19(7-12-21)8-14-23-15-13-22(16-25-23)24-17-26-24/h4-5,8-10,14,19,21-24H,2-3,6-7,11-13,15-17H2,1H3/b14-8+. The van der Waals surface area contributed by atoms with E-state index in [4.69, 9.17) is 9.47 Å². The van der Waals surface area contributed by atoms with E-state index in [1.165, 1.54) is 56.9 Å². The molecule has 2 heterocycles. The molecular weight excluding hydrogens is 320 g/mol. The molecular formula is C24H34O2. The summed E-state index contributed by atoms with van der Waals surface area (Å²) in [5, 5.41) is 0. The number of hydrogen-bond acceptors (Lipinski definition) is 2. The van der Waals surface area contributed by atoms with E-state index in [0.717, 1.165) is 25.0 Å². The van der Waals surface area contributed by atoms with Gasteiger partial charge in [-0.05, 0) is 67.9 Å². The number of ether oxygens (including phenoxy) is 2. The zero-order valence-corrected chi connectivity index (χ0v) is 16.2. The van der Waals surface area contributed by atoms with E-state index in [2.05, 4.69) is 43.3 Å². The van der Waals surface area contributed by atoms with Crippen molar-refractivity contribution in [3.8, 4) is 0 Å². The lowest BCUT2D eigenvalue weighted by Crippen LogP contribution is -2.27. The van der Waals surface area contributed by atoms with Crippen LogP contribution in [-0.4, -0.2) is 25.4 Å². The normalized spacial score (nSPS) is 34.9. The molecule has 0 radical (unpaired) electrons. The number of rotatable bonds is 6. The molecule has 3 atom stereocenters. The third kappa shape index (κ3) is 4.78. The fraction of sp³-hybridized carbons (Fsp3) is 0.667. The van der Waals surface area contributed by atoms with Crippen molar-refractivity contribution in [2.75, 3.05) is 13.2 Å². The molecule has 3 unspecified atom stereocenters. The maximum Gasteiger partial charge on any atom is 0.0860 e. The summed E-state index contributed by atoms with van der Waals surface area (Å²) in [7, 11) is 0. The van der Waals surface area contributed by atoms with E-state index in [-0.39, 0.29) is 0 Å². The molecule has 142 valence electrons. The fourth-order valence-electron chi connectivity index (χ4n) is 4.74. The zero-order valence-electron chi connectivity index (χ0n) is 16.2. The molecule has 26 heavy (non-hydrogen) atoms. The van der Waals surface area contributed by atoms with Gasteiger partial charge in [-0.2, -0.15) is 0 Å². The highest BCUT2D eigenvalue weighted by Crippen LogP contribution is 2.37. The van der Waals surface area contributed by atoms with Gasteiger partial charge in [-0.3, -0.25) is 0 Å². The quantitative estimate of drug-likeness (QED) is 0.485. The van der Waals surface area contributed by atoms with Crippen molar-refractivity contribution in [1.82, 2.24) is 0 Å². The minimum atomic E-state index is 0.342. The van der Waals surface area contributed by atoms with Crippen molar-refractivity contribution in [2.24, 2.45) is 11.8 Å². The van der Waals surface area contributed by atoms with Crippen molar-refractivity contribution in [3.05, 3.63) is 47.5 Å². The van der Waals surface area contributed by atoms with Crippen LogP contribution < -0.4 is 0 Å². The van der Waals surface area contributed by atoms with Crippen LogP contribution in [0.1, 0.15) is 68.9 Å². The van der Waals surface area contributed by atoms with Crippen LogP contribution in [0.25, 0.3) is 0 Å². The molecule has 1 aliphatic carbocycles. The Morgan fingerprint density at radius 2 is 1.65 bits per heavy atom. The highest BCUT2D eigenvalue weighted by Gasteiger charge is 2.35. The first-order valence-electron chi connectivity index (χ1n) is 10.8. The van der Waals surface area contributed by atoms with Gasteiger partial charge in [0.25, 0.3) is 0 Å². The minimum Gasteiger partial charge on any atom is -0.374 e. The second-order valence-corrected chi connectivity index (χ2v) is 8.57. The largest absolute Gasteiger partial charge is 0.374 e. The lowest BCUT2D eigenvalue weighted by molar-refractivity contribution is 0.00244. The van der Waals surface area contributed by atoms with Crippen LogP contribution in [0.5, 0.6) is 0 Å². The Balaban J connectivity index is 1.21. The van der Waals surface area contributed by atoms with Gasteiger partial charge < -0.3 is 9.47 Å². The summed E-state index contributed by atoms with van der Waals surface area (Å²) in [4.78, 5) is 0. The third-order valence-corrected chi connectivity index (χ3v) is 6.59. The van der Waals surface area contributed by atoms with Crippen LogP contribution in [0.15, 0.2) is 36.4 Å². The van der Waals surface area contributed by atoms with E-state index < -0.39 is 0 Å². The Bertz CT molecular complexity index is 571. The molecule has 0 amide bonds. The SMILES string of the molecule is CCCc1ccc(C2CCC(/C=C/C3CCC(C4CO4)CO3)CC2)cc1. The van der Waals surface area contributed by atoms with Crippen molar-refractivity contribution in [2.45, 2.75) is 76.4 Å². The van der Waals surface area contributed by atoms with E-state index in [9.17, 15) is 0 Å². The van der Waals surface area contributed by atoms with Gasteiger partial charge >= 0.3 is 0 Å². The minimum absolute atomic E-state index is 0.342. The first-order chi connectivity index (χ1) is 12.8. The van der Waals surface area contributed by atoms with Crippen LogP contribution in [0.3, 0.4) is 0 Å². The van der Waals surface area contributed by atoms with Crippen molar-refractivity contribution in [3.63, 3.8) is 0 Å². The summed E-state index contributed by atoms with van der Waals surface area (Å²) in [6.45, 7) is 4.10. The first-order valence-corrected chi connectivity index (χ1v) is 10.8. The van der Waals surface area contributed by atoms with E-state index >= 15 is 0 Å². The Morgan fingerprint density at radius 1 is 0.885 bits per heavy atom. The molecule has 2 nitrogen and oxygen atoms in total. The van der Waals surface area contributed by atoms with E-state index in [1.54, 1.807) is 5.56 Å². The Hall–Kier alpha value is -1.12. The fourth-order valence-corrected chi connectivity index (χ4v) is 4.74. The van der Waals surface area contributed by atoms with Gasteiger partial charge in [-0.1, -0.05) is 49.8 Å². The van der Waals surface area contributed by atoms with Gasteiger partial charge in [-0.25, -0.2) is 0 Å². The molecule has 3 aliphatic rings. The van der Waals surface area contributed by atoms with E-state index in [0.29, 0.717) is 18.1 Å². The maximum absolute atomic E-state index is 6.04. The second kappa shape index (κ2) is 8.71. The highest BCUT2D eigenvalue weighted by atomic mass is 16.6. The molecule has 0 N–H and O–H groups in total. The molecule has 1 saturated carbocycles. The van der Waals surface area contributed by atoms with Gasteiger partial charge in [-0.15, -0.1) is 0 Å². The van der Waals surface area contributed by atoms with Gasteiger partial charge in [0, 0.05) is 5.92 Å². The second-order valence-electron chi connectivity index (χ2n) is 8.57. The summed E-state index contributed by atoms with van der Waals surface area (Å²) in [6.07, 6.45) is 15.8. The zero-order chi connectivity index (χ0) is 17.8. The number of allylic oxidation sites excluding steroid dienone is 1. The molecule has 4 rings (SSSR count). The predicted octanol–water partition coefficient (Wildman–Crippen LogP) is 5.66. The molecule has 0 spiro atoms. The van der Waals surface area contributed by atoms with Gasteiger partial charge in [0.05, 0.1) is 25.4 Å². The molecule has 2 heteroatoms. The first kappa shape index (κ1) is 18.3. The molecule has 2 aliphatic heterocycles. The smallest absolute Gasteiger partial charge is 0.0860 e. The summed E-state index contributed by atoms with van der Waals surface area (Å²) in [6, 6.07) is 9.43. The van der Waals surface area contributed by atoms with Crippen LogP contribution in [-0.2, 0) is 15.9 Å². The average Bonchev–Trinajstić information content (AvgIpc) is 3.54. The van der Waals surface area contributed by atoms with Crippen LogP contribution >= 0.6 is 0 Å². The van der Waals surface area contributed by atoms with Crippen molar-refractivity contribution in [1.29, 1.82) is 0 Å². The highest BCUT2D eigenvalue weighted by molar-refractivity contribution is 5.26. The number of aryl methyl sites for hydroxylation is 1. The molecule has 0 bridgehead atoms. The summed E-state index contributed by atoms with van der Waals surface area (Å²) in [5.41, 5.74) is 3.03. The van der Waals surface area contributed by atoms with Crippen LogP contribution in [0.4, 0.5) is 0 Å². The average molecular weight is 355 g/mol. The maximum atomic E-state index is 6.04. The van der Waals surface area contributed by atoms with Crippen molar-refractivity contribution < 1.29 is 9.47 Å². The Kier molecular flexibility index (Phi) is 6.12. The predicted molar refractivity (Wildman–Crippen MR) is 106 cm³/mol. The lowest BCUT2D eigenvalue weighted by atomic mass is 9.78. The van der Waals surface area contributed by atoms with Crippen LogP contribution in [0, 0.1) is 11.8 Å². The lowest BCUT2D eigenvalue weighted by Gasteiger charge is -2.29. The van der Waals surface area contributed by atoms with Crippen molar-refractivity contribution >= 4 is 0 Å². The molecule has 1 aromatic rings. The summed E-state index contributed by atoms with van der Waals surface area (Å²) in [5.74, 6) is 2.16. The van der Waals surface area contributed by atoms with Gasteiger partial charge in [0.1, 0.15) is 0 Å². The Labute approximate surface area is 159 Å². The topological polar surface area (TPSA) is 21.8 Å². The van der Waals surface area contributed by atoms with Gasteiger partial charge in [0.15, 0.2) is 0 Å². The summed E-state index contributed by atoms with van der Waals surface area (Å²) < 4.78 is 11.4. The van der Waals surface area contributed by atoms with Gasteiger partial charge in [0.2, 0.25) is 0 Å². The molecule has 1 aromatic carbocycles.